The second kappa shape index (κ2) is 6.13. The monoisotopic (exact) mass is 308 g/mol. The van der Waals surface area contributed by atoms with Crippen LogP contribution in [0.3, 0.4) is 0 Å². The van der Waals surface area contributed by atoms with E-state index in [0.29, 0.717) is 24.1 Å². The fourth-order valence-corrected chi connectivity index (χ4v) is 2.74. The van der Waals surface area contributed by atoms with E-state index in [-0.39, 0.29) is 5.82 Å². The zero-order chi connectivity index (χ0) is 15.7. The van der Waals surface area contributed by atoms with Crippen molar-refractivity contribution < 1.29 is 14.9 Å². The first kappa shape index (κ1) is 15.1. The van der Waals surface area contributed by atoms with Crippen LogP contribution in [-0.2, 0) is 4.74 Å². The van der Waals surface area contributed by atoms with Gasteiger partial charge in [0.25, 0.3) is 0 Å². The van der Waals surface area contributed by atoms with E-state index in [1.54, 1.807) is 4.57 Å². The molecule has 120 valence electrons. The Labute approximate surface area is 126 Å². The predicted molar refractivity (Wildman–Crippen MR) is 78.6 cm³/mol. The number of nitrogen functional groups attached to an aromatic ring is 1. The van der Waals surface area contributed by atoms with Crippen molar-refractivity contribution in [1.82, 2.24) is 19.5 Å². The van der Waals surface area contributed by atoms with E-state index in [4.69, 9.17) is 16.2 Å². The Hall–Kier alpha value is -1.81. The average Bonchev–Trinajstić information content (AvgIpc) is 3.05. The summed E-state index contributed by atoms with van der Waals surface area (Å²) in [6.45, 7) is 0.594. The molecule has 4 atom stereocenters. The Balaban J connectivity index is 1.83. The van der Waals surface area contributed by atoms with Crippen LogP contribution < -0.4 is 11.5 Å². The van der Waals surface area contributed by atoms with Crippen LogP contribution in [-0.4, -0.2) is 54.6 Å². The molecule has 1 saturated heterocycles. The number of aliphatic hydroxyl groups is 2. The van der Waals surface area contributed by atoms with Crippen LogP contribution >= 0.6 is 0 Å². The molecular weight excluding hydrogens is 288 g/mol. The molecule has 0 aliphatic carbocycles. The summed E-state index contributed by atoms with van der Waals surface area (Å²) < 4.78 is 7.38. The number of nitrogens with two attached hydrogens (primary N) is 2. The lowest BCUT2D eigenvalue weighted by molar-refractivity contribution is -0.0374. The van der Waals surface area contributed by atoms with Gasteiger partial charge in [-0.3, -0.25) is 4.57 Å². The normalized spacial score (nSPS) is 28.5. The highest BCUT2D eigenvalue weighted by molar-refractivity contribution is 5.81. The Kier molecular flexibility index (Phi) is 4.21. The highest BCUT2D eigenvalue weighted by atomic mass is 16.6. The maximum absolute atomic E-state index is 10.3. The van der Waals surface area contributed by atoms with Crippen LogP contribution in [0.25, 0.3) is 11.2 Å². The van der Waals surface area contributed by atoms with E-state index >= 15 is 0 Å². The summed E-state index contributed by atoms with van der Waals surface area (Å²) >= 11 is 0. The SMILES string of the molecule is NCCCC[C@H]1O[C@@H](n2cnc3c(N)ncnc32)[C@H](O)[C@@H]1O. The maximum atomic E-state index is 10.3. The van der Waals surface area contributed by atoms with E-state index < -0.39 is 24.5 Å². The van der Waals surface area contributed by atoms with Crippen molar-refractivity contribution in [3.8, 4) is 0 Å². The van der Waals surface area contributed by atoms with Gasteiger partial charge in [0.2, 0.25) is 0 Å². The number of nitrogens with zero attached hydrogens (tertiary/aromatic N) is 4. The lowest BCUT2D eigenvalue weighted by Crippen LogP contribution is -2.31. The van der Waals surface area contributed by atoms with E-state index in [0.717, 1.165) is 12.8 Å². The third-order valence-corrected chi connectivity index (χ3v) is 3.94. The summed E-state index contributed by atoms with van der Waals surface area (Å²) in [5, 5.41) is 20.4. The Bertz CT molecular complexity index is 648. The predicted octanol–water partition coefficient (Wildman–Crippen LogP) is -0.843. The standard InChI is InChI=1S/C13H20N6O3/c14-4-2-1-3-7-9(20)10(21)13(22-7)19-6-18-8-11(15)16-5-17-12(8)19/h5-7,9-10,13,20-21H,1-4,14H2,(H2,15,16,17)/t7-,9-,10-,13-/m1/s1. The van der Waals surface area contributed by atoms with Crippen molar-refractivity contribution in [2.75, 3.05) is 12.3 Å². The fourth-order valence-electron chi connectivity index (χ4n) is 2.74. The molecule has 0 saturated carbocycles. The molecule has 0 bridgehead atoms. The van der Waals surface area contributed by atoms with Gasteiger partial charge in [-0.15, -0.1) is 0 Å². The van der Waals surface area contributed by atoms with Crippen LogP contribution in [0.2, 0.25) is 0 Å². The number of anilines is 1. The second-order valence-electron chi connectivity index (χ2n) is 5.41. The first-order valence-corrected chi connectivity index (χ1v) is 7.28. The Morgan fingerprint density at radius 2 is 2.00 bits per heavy atom. The van der Waals surface area contributed by atoms with Gasteiger partial charge in [-0.05, 0) is 25.8 Å². The number of ether oxygens (including phenoxy) is 1. The molecule has 0 aromatic carbocycles. The van der Waals surface area contributed by atoms with Gasteiger partial charge in [0, 0.05) is 0 Å². The number of hydrogen-bond donors (Lipinski definition) is 4. The van der Waals surface area contributed by atoms with Gasteiger partial charge in [-0.1, -0.05) is 0 Å². The zero-order valence-corrected chi connectivity index (χ0v) is 12.0. The lowest BCUT2D eigenvalue weighted by atomic mass is 10.0. The smallest absolute Gasteiger partial charge is 0.167 e. The van der Waals surface area contributed by atoms with Gasteiger partial charge in [0.05, 0.1) is 12.4 Å². The molecule has 3 rings (SSSR count). The Morgan fingerprint density at radius 1 is 1.18 bits per heavy atom. The van der Waals surface area contributed by atoms with Gasteiger partial charge in [-0.25, -0.2) is 15.0 Å². The van der Waals surface area contributed by atoms with Crippen molar-refractivity contribution in [3.05, 3.63) is 12.7 Å². The largest absolute Gasteiger partial charge is 0.388 e. The van der Waals surface area contributed by atoms with E-state index in [2.05, 4.69) is 15.0 Å². The van der Waals surface area contributed by atoms with Gasteiger partial charge < -0.3 is 26.4 Å². The molecule has 2 aromatic rings. The average molecular weight is 308 g/mol. The van der Waals surface area contributed by atoms with E-state index in [1.807, 2.05) is 0 Å². The van der Waals surface area contributed by atoms with Crippen LogP contribution in [0.15, 0.2) is 12.7 Å². The highest BCUT2D eigenvalue weighted by Crippen LogP contribution is 2.33. The molecule has 9 heteroatoms. The minimum atomic E-state index is -1.06. The number of hydrogen-bond acceptors (Lipinski definition) is 8. The van der Waals surface area contributed by atoms with Crippen LogP contribution in [0.1, 0.15) is 25.5 Å². The molecule has 0 unspecified atom stereocenters. The van der Waals surface area contributed by atoms with Crippen LogP contribution in [0, 0.1) is 0 Å². The number of aromatic nitrogens is 4. The first-order chi connectivity index (χ1) is 10.6. The van der Waals surface area contributed by atoms with Crippen molar-refractivity contribution in [2.24, 2.45) is 5.73 Å². The van der Waals surface area contributed by atoms with Crippen LogP contribution in [0.4, 0.5) is 5.82 Å². The van der Waals surface area contributed by atoms with Crippen molar-refractivity contribution in [3.63, 3.8) is 0 Å². The lowest BCUT2D eigenvalue weighted by Gasteiger charge is -2.16. The second-order valence-corrected chi connectivity index (χ2v) is 5.41. The van der Waals surface area contributed by atoms with Gasteiger partial charge in [-0.2, -0.15) is 0 Å². The molecule has 0 spiro atoms. The van der Waals surface area contributed by atoms with E-state index in [9.17, 15) is 10.2 Å². The minimum Gasteiger partial charge on any atom is -0.388 e. The quantitative estimate of drug-likeness (QED) is 0.523. The number of unbranched alkanes of at least 4 members (excludes halogenated alkanes) is 1. The molecule has 1 aliphatic rings. The van der Waals surface area contributed by atoms with Crippen molar-refractivity contribution >= 4 is 17.0 Å². The maximum Gasteiger partial charge on any atom is 0.167 e. The summed E-state index contributed by atoms with van der Waals surface area (Å²) in [5.41, 5.74) is 12.1. The molecule has 1 fully saturated rings. The molecule has 2 aromatic heterocycles. The molecule has 3 heterocycles. The summed E-state index contributed by atoms with van der Waals surface area (Å²) in [5.74, 6) is 0.260. The fraction of sp³-hybridized carbons (Fsp3) is 0.615. The molecular formula is C13H20N6O3. The molecule has 0 radical (unpaired) electrons. The first-order valence-electron chi connectivity index (χ1n) is 7.28. The summed E-state index contributed by atoms with van der Waals surface area (Å²) in [4.78, 5) is 12.1. The Morgan fingerprint density at radius 3 is 2.77 bits per heavy atom. The van der Waals surface area contributed by atoms with E-state index in [1.165, 1.54) is 12.7 Å². The van der Waals surface area contributed by atoms with Crippen LogP contribution in [0.5, 0.6) is 0 Å². The van der Waals surface area contributed by atoms with Gasteiger partial charge >= 0.3 is 0 Å². The van der Waals surface area contributed by atoms with Gasteiger partial charge in [0.15, 0.2) is 17.7 Å². The van der Waals surface area contributed by atoms with Crippen molar-refractivity contribution in [1.29, 1.82) is 0 Å². The molecule has 6 N–H and O–H groups in total. The summed E-state index contributed by atoms with van der Waals surface area (Å²) in [6, 6.07) is 0. The summed E-state index contributed by atoms with van der Waals surface area (Å²) in [6.07, 6.45) is 1.92. The minimum absolute atomic E-state index is 0.260. The molecule has 1 aliphatic heterocycles. The molecule has 9 nitrogen and oxygen atoms in total. The topological polar surface area (TPSA) is 145 Å². The molecule has 22 heavy (non-hydrogen) atoms. The highest BCUT2D eigenvalue weighted by Gasteiger charge is 2.43. The number of fused-ring (bicyclic) bond motifs is 1. The zero-order valence-electron chi connectivity index (χ0n) is 12.0. The number of imidazole rings is 1. The summed E-state index contributed by atoms with van der Waals surface area (Å²) in [7, 11) is 0. The third kappa shape index (κ3) is 2.52. The molecule has 0 amide bonds. The third-order valence-electron chi connectivity index (χ3n) is 3.94. The van der Waals surface area contributed by atoms with Gasteiger partial charge in [0.1, 0.15) is 24.1 Å². The number of aliphatic hydroxyl groups excluding tert-OH is 2. The van der Waals surface area contributed by atoms with Crippen molar-refractivity contribution in [2.45, 2.75) is 43.8 Å². The number of rotatable bonds is 5.